The molecule has 0 aliphatic carbocycles. The van der Waals surface area contributed by atoms with Crippen LogP contribution in [0.1, 0.15) is 37.8 Å². The first kappa shape index (κ1) is 12.9. The fraction of sp³-hybridized carbons (Fsp3) is 0.571. The number of benzene rings is 1. The maximum Gasteiger partial charge on any atom is 0.0848 e. The van der Waals surface area contributed by atoms with Gasteiger partial charge in [0.05, 0.1) is 11.6 Å². The van der Waals surface area contributed by atoms with Gasteiger partial charge in [0.1, 0.15) is 0 Å². The molecule has 2 atom stereocenters. The lowest BCUT2D eigenvalue weighted by Gasteiger charge is -2.40. The minimum absolute atomic E-state index is 0.110. The number of halogens is 1. The van der Waals surface area contributed by atoms with Crippen LogP contribution in [0.2, 0.25) is 5.02 Å². The number of rotatable bonds is 3. The molecule has 1 fully saturated rings. The molecule has 2 rings (SSSR count). The topological polar surface area (TPSA) is 21.3 Å². The van der Waals surface area contributed by atoms with Crippen LogP contribution in [-0.2, 0) is 4.74 Å². The number of hydrogen-bond acceptors (Lipinski definition) is 2. The smallest absolute Gasteiger partial charge is 0.0848 e. The molecular formula is C14H20ClNO. The molecule has 0 spiro atoms. The molecule has 1 saturated heterocycles. The predicted octanol–water partition coefficient (Wildman–Crippen LogP) is 3.56. The highest BCUT2D eigenvalue weighted by atomic mass is 35.5. The van der Waals surface area contributed by atoms with Crippen LogP contribution in [0.15, 0.2) is 24.3 Å². The first-order valence-corrected chi connectivity index (χ1v) is 6.60. The van der Waals surface area contributed by atoms with E-state index in [4.69, 9.17) is 16.3 Å². The van der Waals surface area contributed by atoms with Crippen molar-refractivity contribution in [3.8, 4) is 0 Å². The lowest BCUT2D eigenvalue weighted by atomic mass is 9.84. The van der Waals surface area contributed by atoms with Crippen LogP contribution < -0.4 is 5.32 Å². The molecule has 1 heterocycles. The van der Waals surface area contributed by atoms with E-state index < -0.39 is 0 Å². The van der Waals surface area contributed by atoms with Gasteiger partial charge in [0.2, 0.25) is 0 Å². The van der Waals surface area contributed by atoms with Gasteiger partial charge >= 0.3 is 0 Å². The predicted molar refractivity (Wildman–Crippen MR) is 71.5 cm³/mol. The van der Waals surface area contributed by atoms with Crippen molar-refractivity contribution in [3.05, 3.63) is 34.9 Å². The molecule has 0 bridgehead atoms. The average Bonchev–Trinajstić information content (AvgIpc) is 2.33. The van der Waals surface area contributed by atoms with Gasteiger partial charge in [-0.05, 0) is 50.9 Å². The fourth-order valence-electron chi connectivity index (χ4n) is 2.66. The minimum Gasteiger partial charge on any atom is -0.373 e. The van der Waals surface area contributed by atoms with Crippen molar-refractivity contribution in [2.45, 2.75) is 37.8 Å². The molecule has 1 aromatic carbocycles. The first-order valence-electron chi connectivity index (χ1n) is 6.22. The van der Waals surface area contributed by atoms with Gasteiger partial charge in [-0.1, -0.05) is 23.7 Å². The van der Waals surface area contributed by atoms with Crippen molar-refractivity contribution in [2.24, 2.45) is 0 Å². The largest absolute Gasteiger partial charge is 0.373 e. The molecule has 1 aliphatic heterocycles. The van der Waals surface area contributed by atoms with E-state index >= 15 is 0 Å². The van der Waals surface area contributed by atoms with Gasteiger partial charge in [0.25, 0.3) is 0 Å². The van der Waals surface area contributed by atoms with E-state index in [9.17, 15) is 0 Å². The Morgan fingerprint density at radius 2 is 2.00 bits per heavy atom. The highest BCUT2D eigenvalue weighted by Gasteiger charge is 2.36. The SMILES string of the molecule is CNC(c1ccc(Cl)cc1)C1(C)CCCCO1. The highest BCUT2D eigenvalue weighted by molar-refractivity contribution is 6.30. The van der Waals surface area contributed by atoms with Crippen molar-refractivity contribution < 1.29 is 4.74 Å². The van der Waals surface area contributed by atoms with E-state index in [-0.39, 0.29) is 11.6 Å². The summed E-state index contributed by atoms with van der Waals surface area (Å²) in [6.45, 7) is 3.06. The van der Waals surface area contributed by atoms with Gasteiger partial charge in [-0.2, -0.15) is 0 Å². The Morgan fingerprint density at radius 3 is 2.53 bits per heavy atom. The second-order valence-corrected chi connectivity index (χ2v) is 5.33. The molecule has 0 amide bonds. The van der Waals surface area contributed by atoms with Gasteiger partial charge in [-0.3, -0.25) is 0 Å². The zero-order valence-electron chi connectivity index (χ0n) is 10.5. The summed E-state index contributed by atoms with van der Waals surface area (Å²) in [5.74, 6) is 0. The van der Waals surface area contributed by atoms with Gasteiger partial charge in [0.15, 0.2) is 0 Å². The van der Waals surface area contributed by atoms with E-state index in [1.54, 1.807) is 0 Å². The molecule has 1 aromatic rings. The number of likely N-dealkylation sites (N-methyl/N-ethyl adjacent to an activating group) is 1. The van der Waals surface area contributed by atoms with E-state index in [1.165, 1.54) is 18.4 Å². The molecular weight excluding hydrogens is 234 g/mol. The highest BCUT2D eigenvalue weighted by Crippen LogP contribution is 2.36. The Bertz CT molecular complexity index is 357. The average molecular weight is 254 g/mol. The Morgan fingerprint density at radius 1 is 1.29 bits per heavy atom. The van der Waals surface area contributed by atoms with Crippen LogP contribution in [0, 0.1) is 0 Å². The summed E-state index contributed by atoms with van der Waals surface area (Å²) in [5.41, 5.74) is 1.13. The van der Waals surface area contributed by atoms with Crippen molar-refractivity contribution in [3.63, 3.8) is 0 Å². The Labute approximate surface area is 108 Å². The zero-order valence-corrected chi connectivity index (χ0v) is 11.3. The summed E-state index contributed by atoms with van der Waals surface area (Å²) in [6, 6.07) is 8.25. The monoisotopic (exact) mass is 253 g/mol. The zero-order chi connectivity index (χ0) is 12.3. The van der Waals surface area contributed by atoms with Crippen LogP contribution in [0.4, 0.5) is 0 Å². The quantitative estimate of drug-likeness (QED) is 0.889. The van der Waals surface area contributed by atoms with Gasteiger partial charge in [0, 0.05) is 11.6 Å². The molecule has 1 aliphatic rings. The standard InChI is InChI=1S/C14H20ClNO/c1-14(9-3-4-10-17-14)13(16-2)11-5-7-12(15)8-6-11/h5-8,13,16H,3-4,9-10H2,1-2H3. The van der Waals surface area contributed by atoms with Crippen molar-refractivity contribution in [2.75, 3.05) is 13.7 Å². The lowest BCUT2D eigenvalue weighted by molar-refractivity contribution is -0.0884. The molecule has 94 valence electrons. The summed E-state index contributed by atoms with van der Waals surface area (Å²) >= 11 is 5.93. The number of ether oxygens (including phenoxy) is 1. The summed E-state index contributed by atoms with van der Waals surface area (Å²) in [7, 11) is 1.99. The summed E-state index contributed by atoms with van der Waals surface area (Å²) in [5, 5.41) is 4.16. The van der Waals surface area contributed by atoms with Crippen molar-refractivity contribution in [1.82, 2.24) is 5.32 Å². The Balaban J connectivity index is 2.22. The first-order chi connectivity index (χ1) is 8.15. The number of nitrogens with one attached hydrogen (secondary N) is 1. The molecule has 1 N–H and O–H groups in total. The number of hydrogen-bond donors (Lipinski definition) is 1. The van der Waals surface area contributed by atoms with E-state index in [0.717, 1.165) is 18.1 Å². The molecule has 0 saturated carbocycles. The molecule has 0 radical (unpaired) electrons. The Hall–Kier alpha value is -0.570. The maximum absolute atomic E-state index is 6.01. The van der Waals surface area contributed by atoms with Gasteiger partial charge < -0.3 is 10.1 Å². The second-order valence-electron chi connectivity index (χ2n) is 4.89. The van der Waals surface area contributed by atoms with Crippen molar-refractivity contribution >= 4 is 11.6 Å². The van der Waals surface area contributed by atoms with E-state index in [0.29, 0.717) is 0 Å². The Kier molecular flexibility index (Phi) is 4.08. The third kappa shape index (κ3) is 2.82. The third-order valence-corrected chi connectivity index (χ3v) is 3.85. The minimum atomic E-state index is -0.110. The summed E-state index contributed by atoms with van der Waals surface area (Å²) in [4.78, 5) is 0. The van der Waals surface area contributed by atoms with Gasteiger partial charge in [-0.15, -0.1) is 0 Å². The normalized spacial score (nSPS) is 26.8. The molecule has 2 nitrogen and oxygen atoms in total. The summed E-state index contributed by atoms with van der Waals surface area (Å²) < 4.78 is 6.01. The fourth-order valence-corrected chi connectivity index (χ4v) is 2.79. The summed E-state index contributed by atoms with van der Waals surface area (Å²) in [6.07, 6.45) is 3.51. The maximum atomic E-state index is 6.01. The van der Waals surface area contributed by atoms with Crippen molar-refractivity contribution in [1.29, 1.82) is 0 Å². The second kappa shape index (κ2) is 5.38. The third-order valence-electron chi connectivity index (χ3n) is 3.60. The van der Waals surface area contributed by atoms with E-state index in [2.05, 4.69) is 24.4 Å². The van der Waals surface area contributed by atoms with Crippen LogP contribution in [0.3, 0.4) is 0 Å². The van der Waals surface area contributed by atoms with Crippen LogP contribution in [0.5, 0.6) is 0 Å². The molecule has 3 heteroatoms. The molecule has 0 aromatic heterocycles. The lowest BCUT2D eigenvalue weighted by Crippen LogP contribution is -2.44. The van der Waals surface area contributed by atoms with Crippen LogP contribution >= 0.6 is 11.6 Å². The molecule has 2 unspecified atom stereocenters. The van der Waals surface area contributed by atoms with Gasteiger partial charge in [-0.25, -0.2) is 0 Å². The van der Waals surface area contributed by atoms with Crippen LogP contribution in [0.25, 0.3) is 0 Å². The molecule has 17 heavy (non-hydrogen) atoms. The van der Waals surface area contributed by atoms with E-state index in [1.807, 2.05) is 19.2 Å². The van der Waals surface area contributed by atoms with Crippen LogP contribution in [-0.4, -0.2) is 19.3 Å².